The van der Waals surface area contributed by atoms with Crippen LogP contribution in [0.2, 0.25) is 0 Å². The maximum absolute atomic E-state index is 5.65. The monoisotopic (exact) mass is 301 g/mol. The van der Waals surface area contributed by atoms with Gasteiger partial charge in [0.05, 0.1) is 24.1 Å². The lowest BCUT2D eigenvalue weighted by atomic mass is 10.2. The summed E-state index contributed by atoms with van der Waals surface area (Å²) in [6.07, 6.45) is 6.63. The molecule has 1 aliphatic rings. The number of likely N-dealkylation sites (N-methyl/N-ethyl adjacent to an activating group) is 1. The predicted octanol–water partition coefficient (Wildman–Crippen LogP) is 1.79. The Balaban J connectivity index is 1.74. The van der Waals surface area contributed by atoms with Crippen molar-refractivity contribution >= 4 is 0 Å². The van der Waals surface area contributed by atoms with Gasteiger partial charge >= 0.3 is 0 Å². The lowest BCUT2D eigenvalue weighted by molar-refractivity contribution is 0.161. The highest BCUT2D eigenvalue weighted by molar-refractivity contribution is 5.02. The van der Waals surface area contributed by atoms with Crippen molar-refractivity contribution in [3.05, 3.63) is 41.6 Å². The van der Waals surface area contributed by atoms with Gasteiger partial charge < -0.3 is 9.32 Å². The summed E-state index contributed by atoms with van der Waals surface area (Å²) in [6.45, 7) is 7.56. The van der Waals surface area contributed by atoms with Crippen LogP contribution in [0.1, 0.15) is 29.5 Å². The third-order valence-corrected chi connectivity index (χ3v) is 4.09. The van der Waals surface area contributed by atoms with E-state index in [2.05, 4.69) is 31.8 Å². The number of hydrogen-bond acceptors (Lipinski definition) is 6. The number of aryl methyl sites for hydroxylation is 2. The van der Waals surface area contributed by atoms with Gasteiger partial charge in [-0.25, -0.2) is 4.98 Å². The van der Waals surface area contributed by atoms with E-state index < -0.39 is 0 Å². The number of oxazole rings is 1. The van der Waals surface area contributed by atoms with E-state index >= 15 is 0 Å². The van der Waals surface area contributed by atoms with Gasteiger partial charge in [-0.2, -0.15) is 0 Å². The average Bonchev–Trinajstić information content (AvgIpc) is 3.09. The topological polar surface area (TPSA) is 58.3 Å². The highest BCUT2D eigenvalue weighted by Gasteiger charge is 2.27. The fraction of sp³-hybridized carbons (Fsp3) is 0.562. The molecule has 1 saturated heterocycles. The Bertz CT molecular complexity index is 609. The van der Waals surface area contributed by atoms with E-state index in [1.165, 1.54) is 0 Å². The van der Waals surface area contributed by atoms with Crippen LogP contribution in [0.15, 0.2) is 23.0 Å². The highest BCUT2D eigenvalue weighted by atomic mass is 16.4. The van der Waals surface area contributed by atoms with Crippen molar-refractivity contribution in [3.63, 3.8) is 0 Å². The summed E-state index contributed by atoms with van der Waals surface area (Å²) in [5.74, 6) is 1.63. The first-order valence-corrected chi connectivity index (χ1v) is 7.71. The molecule has 2 aromatic rings. The summed E-state index contributed by atoms with van der Waals surface area (Å²) in [5, 5.41) is 0. The fourth-order valence-electron chi connectivity index (χ4n) is 2.88. The van der Waals surface area contributed by atoms with E-state index in [4.69, 9.17) is 4.42 Å². The summed E-state index contributed by atoms with van der Waals surface area (Å²) in [4.78, 5) is 17.9. The average molecular weight is 301 g/mol. The number of nitrogens with zero attached hydrogens (tertiary/aromatic N) is 5. The molecule has 1 fully saturated rings. The van der Waals surface area contributed by atoms with Crippen molar-refractivity contribution in [2.75, 3.05) is 20.1 Å². The molecule has 0 amide bonds. The van der Waals surface area contributed by atoms with Crippen LogP contribution in [0, 0.1) is 13.8 Å². The summed E-state index contributed by atoms with van der Waals surface area (Å²) < 4.78 is 5.65. The molecule has 6 heteroatoms. The summed E-state index contributed by atoms with van der Waals surface area (Å²) in [7, 11) is 2.17. The molecular formula is C16H23N5O. The van der Waals surface area contributed by atoms with Crippen molar-refractivity contribution in [1.82, 2.24) is 24.8 Å². The molecule has 1 atom stereocenters. The van der Waals surface area contributed by atoms with Crippen LogP contribution >= 0.6 is 0 Å². The molecule has 3 rings (SSSR count). The molecule has 2 aromatic heterocycles. The maximum atomic E-state index is 5.65. The maximum Gasteiger partial charge on any atom is 0.208 e. The Kier molecular flexibility index (Phi) is 4.49. The third-order valence-electron chi connectivity index (χ3n) is 4.09. The number of hydrogen-bond donors (Lipinski definition) is 0. The molecule has 3 heterocycles. The standard InChI is InChI=1S/C16H23N5O/c1-12-6-18-14(8-17-12)9-21(15-4-5-20(3)10-15)11-16-19-7-13(2)22-16/h6-8,15H,4-5,9-11H2,1-3H3/t15-/m1/s1. The predicted molar refractivity (Wildman–Crippen MR) is 83.2 cm³/mol. The minimum atomic E-state index is 0.500. The quantitative estimate of drug-likeness (QED) is 0.839. The van der Waals surface area contributed by atoms with Gasteiger partial charge in [0, 0.05) is 31.5 Å². The van der Waals surface area contributed by atoms with Gasteiger partial charge in [0.15, 0.2) is 0 Å². The molecule has 0 saturated carbocycles. The zero-order valence-electron chi connectivity index (χ0n) is 13.5. The molecule has 0 N–H and O–H groups in total. The van der Waals surface area contributed by atoms with Crippen molar-refractivity contribution in [2.45, 2.75) is 39.4 Å². The second-order valence-electron chi connectivity index (χ2n) is 6.12. The van der Waals surface area contributed by atoms with Crippen LogP contribution in [-0.4, -0.2) is 50.9 Å². The Hall–Kier alpha value is -1.79. The first kappa shape index (κ1) is 15.1. The lowest BCUT2D eigenvalue weighted by Gasteiger charge is -2.27. The van der Waals surface area contributed by atoms with Crippen molar-refractivity contribution in [1.29, 1.82) is 0 Å². The van der Waals surface area contributed by atoms with Gasteiger partial charge in [-0.1, -0.05) is 0 Å². The number of rotatable bonds is 5. The molecule has 0 radical (unpaired) electrons. The minimum absolute atomic E-state index is 0.500. The number of likely N-dealkylation sites (tertiary alicyclic amines) is 1. The van der Waals surface area contributed by atoms with E-state index in [1.54, 1.807) is 6.20 Å². The van der Waals surface area contributed by atoms with Crippen LogP contribution in [0.25, 0.3) is 0 Å². The molecular weight excluding hydrogens is 278 g/mol. The normalized spacial score (nSPS) is 19.2. The second-order valence-corrected chi connectivity index (χ2v) is 6.12. The molecule has 0 aliphatic carbocycles. The Morgan fingerprint density at radius 1 is 1.18 bits per heavy atom. The van der Waals surface area contributed by atoms with Gasteiger partial charge in [-0.05, 0) is 33.9 Å². The van der Waals surface area contributed by atoms with Gasteiger partial charge in [-0.15, -0.1) is 0 Å². The molecule has 6 nitrogen and oxygen atoms in total. The van der Waals surface area contributed by atoms with Crippen molar-refractivity contribution in [3.8, 4) is 0 Å². The van der Waals surface area contributed by atoms with Crippen molar-refractivity contribution < 1.29 is 4.42 Å². The van der Waals surface area contributed by atoms with Crippen LogP contribution in [0.4, 0.5) is 0 Å². The molecule has 22 heavy (non-hydrogen) atoms. The number of aromatic nitrogens is 3. The summed E-state index contributed by atoms with van der Waals surface area (Å²) in [5.41, 5.74) is 1.93. The fourth-order valence-corrected chi connectivity index (χ4v) is 2.88. The van der Waals surface area contributed by atoms with Crippen LogP contribution in [0.3, 0.4) is 0 Å². The van der Waals surface area contributed by atoms with Crippen LogP contribution in [0.5, 0.6) is 0 Å². The SMILES string of the molecule is Cc1cnc(CN(Cc2ncc(C)o2)[C@@H]2CCN(C)C2)cn1. The second kappa shape index (κ2) is 6.54. The smallest absolute Gasteiger partial charge is 0.208 e. The summed E-state index contributed by atoms with van der Waals surface area (Å²) >= 11 is 0. The van der Waals surface area contributed by atoms with Crippen molar-refractivity contribution in [2.24, 2.45) is 0 Å². The van der Waals surface area contributed by atoms with E-state index in [9.17, 15) is 0 Å². The molecule has 0 spiro atoms. The lowest BCUT2D eigenvalue weighted by Crippen LogP contribution is -2.36. The first-order chi connectivity index (χ1) is 10.6. The third kappa shape index (κ3) is 3.69. The molecule has 0 unspecified atom stereocenters. The minimum Gasteiger partial charge on any atom is -0.445 e. The van der Waals surface area contributed by atoms with E-state index in [-0.39, 0.29) is 0 Å². The molecule has 1 aliphatic heterocycles. The van der Waals surface area contributed by atoms with E-state index in [0.717, 1.165) is 49.1 Å². The largest absolute Gasteiger partial charge is 0.445 e. The molecule has 118 valence electrons. The highest BCUT2D eigenvalue weighted by Crippen LogP contribution is 2.19. The Morgan fingerprint density at radius 3 is 2.64 bits per heavy atom. The Morgan fingerprint density at radius 2 is 2.05 bits per heavy atom. The van der Waals surface area contributed by atoms with Gasteiger partial charge in [0.25, 0.3) is 0 Å². The first-order valence-electron chi connectivity index (χ1n) is 7.71. The van der Waals surface area contributed by atoms with Gasteiger partial charge in [0.2, 0.25) is 5.89 Å². The molecule has 0 aromatic carbocycles. The van der Waals surface area contributed by atoms with E-state index in [0.29, 0.717) is 12.6 Å². The van der Waals surface area contributed by atoms with Gasteiger partial charge in [-0.3, -0.25) is 14.9 Å². The van der Waals surface area contributed by atoms with Crippen LogP contribution < -0.4 is 0 Å². The Labute approximate surface area is 131 Å². The molecule has 0 bridgehead atoms. The zero-order valence-corrected chi connectivity index (χ0v) is 13.5. The summed E-state index contributed by atoms with van der Waals surface area (Å²) in [6, 6.07) is 0.500. The van der Waals surface area contributed by atoms with Crippen LogP contribution in [-0.2, 0) is 13.1 Å². The zero-order chi connectivity index (χ0) is 15.5. The van der Waals surface area contributed by atoms with Gasteiger partial charge in [0.1, 0.15) is 5.76 Å². The van der Waals surface area contributed by atoms with E-state index in [1.807, 2.05) is 26.2 Å².